The summed E-state index contributed by atoms with van der Waals surface area (Å²) in [4.78, 5) is 38.2. The van der Waals surface area contributed by atoms with E-state index in [0.717, 1.165) is 0 Å². The third-order valence-electron chi connectivity index (χ3n) is 2.15. The van der Waals surface area contributed by atoms with Gasteiger partial charge in [0, 0.05) is 23.0 Å². The average molecular weight is 609 g/mol. The van der Waals surface area contributed by atoms with Crippen LogP contribution in [0.25, 0.3) is 0 Å². The maximum Gasteiger partial charge on any atom is 0.304 e. The predicted molar refractivity (Wildman–Crippen MR) is 145 cm³/mol. The minimum Gasteiger partial charge on any atom is -0.481 e. The van der Waals surface area contributed by atoms with Crippen LogP contribution in [0.5, 0.6) is 0 Å². The van der Waals surface area contributed by atoms with E-state index in [9.17, 15) is 19.2 Å². The van der Waals surface area contributed by atoms with Crippen molar-refractivity contribution in [3.8, 4) is 0 Å². The first-order valence-electron chi connectivity index (χ1n) is 9.80. The topological polar surface area (TPSA) is 271 Å². The Kier molecular flexibility index (Phi) is 58.9. The van der Waals surface area contributed by atoms with Crippen molar-refractivity contribution in [1.29, 1.82) is 0 Å². The summed E-state index contributed by atoms with van der Waals surface area (Å²) in [5.41, 5.74) is 0. The normalized spacial score (nSPS) is 8.78. The second-order valence-electron chi connectivity index (χ2n) is 5.51. The van der Waals surface area contributed by atoms with Crippen LogP contribution in [0.1, 0.15) is 25.7 Å². The molecule has 0 amide bonds. The molecule has 220 valence electrons. The van der Waals surface area contributed by atoms with Crippen LogP contribution in [0.15, 0.2) is 0 Å². The van der Waals surface area contributed by atoms with Gasteiger partial charge in [-0.1, -0.05) is 0 Å². The predicted octanol–water partition coefficient (Wildman–Crippen LogP) is -1.77. The lowest BCUT2D eigenvalue weighted by molar-refractivity contribution is -0.137. The highest BCUT2D eigenvalue weighted by Crippen LogP contribution is 1.81. The SMILES string of the molecule is O=C(O)CCS.O=C(O)CCS.O=C(O)CCS.O=C(O)CCS.OCC(O)CO.OCC(O)CO. The van der Waals surface area contributed by atoms with E-state index in [1.165, 1.54) is 0 Å². The molecule has 0 unspecified atom stereocenters. The highest BCUT2D eigenvalue weighted by Gasteiger charge is 1.94. The van der Waals surface area contributed by atoms with Gasteiger partial charge in [0.25, 0.3) is 0 Å². The standard InChI is InChI=1S/2C3H8O3.4C3H6O2S/c2*4-1-3(6)2-5;4*4-3(5)1-2-6/h2*3-6H,1-2H2;4*6H,1-2H2,(H,4,5). The molecule has 0 aromatic carbocycles. The first kappa shape index (κ1) is 48.1. The van der Waals surface area contributed by atoms with E-state index in [0.29, 0.717) is 23.0 Å². The fraction of sp³-hybridized carbons (Fsp3) is 0.778. The summed E-state index contributed by atoms with van der Waals surface area (Å²) in [6.45, 7) is -1.46. The van der Waals surface area contributed by atoms with Gasteiger partial charge in [-0.25, -0.2) is 0 Å². The first-order chi connectivity index (χ1) is 16.7. The molecule has 0 heterocycles. The fourth-order valence-electron chi connectivity index (χ4n) is 0.498. The zero-order valence-corrected chi connectivity index (χ0v) is 23.1. The van der Waals surface area contributed by atoms with Crippen molar-refractivity contribution in [1.82, 2.24) is 0 Å². The van der Waals surface area contributed by atoms with Crippen molar-refractivity contribution in [3.05, 3.63) is 0 Å². The van der Waals surface area contributed by atoms with Crippen molar-refractivity contribution >= 4 is 74.4 Å². The van der Waals surface area contributed by atoms with Gasteiger partial charge in [0.05, 0.1) is 52.1 Å². The molecule has 0 atom stereocenters. The van der Waals surface area contributed by atoms with Gasteiger partial charge in [-0.3, -0.25) is 19.2 Å². The van der Waals surface area contributed by atoms with Crippen LogP contribution >= 0.6 is 50.5 Å². The molecule has 18 heteroatoms. The Hall–Kier alpha value is -0.960. The zero-order chi connectivity index (χ0) is 29.9. The summed E-state index contributed by atoms with van der Waals surface area (Å²) < 4.78 is 0. The van der Waals surface area contributed by atoms with Crippen LogP contribution in [-0.4, -0.2) is 137 Å². The summed E-state index contributed by atoms with van der Waals surface area (Å²) >= 11 is 14.7. The molecule has 0 aliphatic heterocycles. The maximum atomic E-state index is 9.55. The molecule has 0 saturated heterocycles. The Bertz CT molecular complexity index is 405. The summed E-state index contributed by atoms with van der Waals surface area (Å²) in [6.07, 6.45) is -1.28. The van der Waals surface area contributed by atoms with E-state index in [4.69, 9.17) is 51.1 Å². The number of aliphatic hydroxyl groups excluding tert-OH is 6. The Morgan fingerprint density at radius 1 is 0.444 bits per heavy atom. The Balaban J connectivity index is -0.0000000750. The van der Waals surface area contributed by atoms with Crippen LogP contribution in [0.2, 0.25) is 0 Å². The van der Waals surface area contributed by atoms with Crippen LogP contribution in [0.4, 0.5) is 0 Å². The van der Waals surface area contributed by atoms with Crippen molar-refractivity contribution in [2.75, 3.05) is 49.4 Å². The summed E-state index contributed by atoms with van der Waals surface area (Å²) in [6, 6.07) is 0. The van der Waals surface area contributed by atoms with E-state index in [1.54, 1.807) is 0 Å². The molecular formula is C18H40O14S4. The van der Waals surface area contributed by atoms with Gasteiger partial charge in [-0.2, -0.15) is 50.5 Å². The summed E-state index contributed by atoms with van der Waals surface area (Å²) in [7, 11) is 0. The molecule has 0 aliphatic rings. The summed E-state index contributed by atoms with van der Waals surface area (Å²) in [5.74, 6) is -1.44. The zero-order valence-electron chi connectivity index (χ0n) is 19.5. The van der Waals surface area contributed by atoms with Gasteiger partial charge < -0.3 is 51.1 Å². The Morgan fingerprint density at radius 3 is 0.583 bits per heavy atom. The number of hydrogen-bond acceptors (Lipinski definition) is 14. The monoisotopic (exact) mass is 608 g/mol. The molecule has 0 aliphatic carbocycles. The molecule has 0 bridgehead atoms. The van der Waals surface area contributed by atoms with Gasteiger partial charge in [0.15, 0.2) is 0 Å². The third kappa shape index (κ3) is 93.6. The molecule has 36 heavy (non-hydrogen) atoms. The number of carbonyl (C=O) groups is 4. The smallest absolute Gasteiger partial charge is 0.304 e. The second kappa shape index (κ2) is 44.1. The number of aliphatic hydroxyl groups is 6. The van der Waals surface area contributed by atoms with E-state index in [-0.39, 0.29) is 52.1 Å². The van der Waals surface area contributed by atoms with E-state index in [2.05, 4.69) is 50.5 Å². The lowest BCUT2D eigenvalue weighted by Gasteiger charge is -1.96. The van der Waals surface area contributed by atoms with Crippen LogP contribution in [-0.2, 0) is 19.2 Å². The molecular weight excluding hydrogens is 568 g/mol. The largest absolute Gasteiger partial charge is 0.481 e. The van der Waals surface area contributed by atoms with E-state index < -0.39 is 36.1 Å². The van der Waals surface area contributed by atoms with Gasteiger partial charge in [0.1, 0.15) is 12.2 Å². The van der Waals surface area contributed by atoms with Crippen molar-refractivity contribution in [2.45, 2.75) is 37.9 Å². The average Bonchev–Trinajstić information content (AvgIpc) is 2.79. The van der Waals surface area contributed by atoms with Crippen LogP contribution in [0.3, 0.4) is 0 Å². The lowest BCUT2D eigenvalue weighted by Crippen LogP contribution is -2.15. The van der Waals surface area contributed by atoms with Crippen molar-refractivity contribution in [2.24, 2.45) is 0 Å². The van der Waals surface area contributed by atoms with Gasteiger partial charge in [-0.05, 0) is 0 Å². The van der Waals surface area contributed by atoms with Crippen LogP contribution in [0, 0.1) is 0 Å². The lowest BCUT2D eigenvalue weighted by atomic mass is 10.4. The van der Waals surface area contributed by atoms with Crippen molar-refractivity contribution in [3.63, 3.8) is 0 Å². The molecule has 0 spiro atoms. The minimum absolute atomic E-state index is 0.156. The number of thiol groups is 4. The molecule has 0 rings (SSSR count). The van der Waals surface area contributed by atoms with Gasteiger partial charge >= 0.3 is 23.9 Å². The minimum atomic E-state index is -0.954. The highest BCUT2D eigenvalue weighted by atomic mass is 32.1. The number of rotatable bonds is 12. The Morgan fingerprint density at radius 2 is 0.583 bits per heavy atom. The molecule has 0 radical (unpaired) electrons. The van der Waals surface area contributed by atoms with E-state index >= 15 is 0 Å². The van der Waals surface area contributed by atoms with Gasteiger partial charge in [0.2, 0.25) is 0 Å². The van der Waals surface area contributed by atoms with Crippen LogP contribution < -0.4 is 0 Å². The fourth-order valence-corrected chi connectivity index (χ4v) is 1.26. The molecule has 14 nitrogen and oxygen atoms in total. The molecule has 0 aromatic rings. The second-order valence-corrected chi connectivity index (χ2v) is 7.30. The number of aliphatic carboxylic acids is 4. The molecule has 0 fully saturated rings. The molecule has 0 aromatic heterocycles. The highest BCUT2D eigenvalue weighted by molar-refractivity contribution is 7.80. The van der Waals surface area contributed by atoms with E-state index in [1.807, 2.05) is 0 Å². The number of carboxylic acids is 4. The summed E-state index contributed by atoms with van der Waals surface area (Å²) in [5, 5.41) is 79.5. The third-order valence-corrected chi connectivity index (χ3v) is 3.04. The first-order valence-corrected chi connectivity index (χ1v) is 12.3. The number of carboxylic acid groups (broad SMARTS) is 4. The quantitative estimate of drug-likeness (QED) is 0.109. The maximum absolute atomic E-state index is 9.55. The molecule has 10 N–H and O–H groups in total. The molecule has 0 saturated carbocycles. The number of hydrogen-bond donors (Lipinski definition) is 14. The van der Waals surface area contributed by atoms with Gasteiger partial charge in [-0.15, -0.1) is 0 Å². The van der Waals surface area contributed by atoms with Crippen molar-refractivity contribution < 1.29 is 70.2 Å². The Labute approximate surface area is 231 Å².